The SMILES string of the molecule is Cc1ccccc1Nc1ccc(C(=O)C2=c3ccc4c(c3CCC2)C(N(C)C)C=c2ccccc2=4)cc1. The van der Waals surface area contributed by atoms with Gasteiger partial charge in [-0.25, -0.2) is 0 Å². The summed E-state index contributed by atoms with van der Waals surface area (Å²) in [5, 5.41) is 8.47. The lowest BCUT2D eigenvalue weighted by molar-refractivity contribution is 0.105. The monoisotopic (exact) mass is 484 g/mol. The summed E-state index contributed by atoms with van der Waals surface area (Å²) < 4.78 is 0. The number of carbonyl (C=O) groups excluding carboxylic acids is 1. The van der Waals surface area contributed by atoms with Crippen LogP contribution in [0.3, 0.4) is 0 Å². The van der Waals surface area contributed by atoms with Crippen molar-refractivity contribution in [3.05, 3.63) is 128 Å². The Morgan fingerprint density at radius 2 is 1.54 bits per heavy atom. The third-order valence-corrected chi connectivity index (χ3v) is 7.82. The highest BCUT2D eigenvalue weighted by Crippen LogP contribution is 2.30. The van der Waals surface area contributed by atoms with Crippen LogP contribution in [-0.4, -0.2) is 24.8 Å². The molecular weight excluding hydrogens is 452 g/mol. The number of hydrogen-bond acceptors (Lipinski definition) is 3. The second kappa shape index (κ2) is 9.49. The van der Waals surface area contributed by atoms with E-state index in [9.17, 15) is 4.79 Å². The summed E-state index contributed by atoms with van der Waals surface area (Å²) in [6.45, 7) is 2.09. The van der Waals surface area contributed by atoms with Gasteiger partial charge in [-0.3, -0.25) is 9.69 Å². The molecular formula is C34H32N2O. The number of ketones is 1. The van der Waals surface area contributed by atoms with E-state index in [1.165, 1.54) is 32.3 Å². The van der Waals surface area contributed by atoms with Crippen molar-refractivity contribution in [3.63, 3.8) is 0 Å². The molecule has 1 unspecified atom stereocenters. The van der Waals surface area contributed by atoms with Crippen molar-refractivity contribution in [1.29, 1.82) is 0 Å². The van der Waals surface area contributed by atoms with Crippen molar-refractivity contribution in [1.82, 2.24) is 4.90 Å². The minimum atomic E-state index is 0.143. The van der Waals surface area contributed by atoms with E-state index in [-0.39, 0.29) is 11.8 Å². The lowest BCUT2D eigenvalue weighted by Crippen LogP contribution is -2.31. The van der Waals surface area contributed by atoms with Gasteiger partial charge in [0.2, 0.25) is 0 Å². The van der Waals surface area contributed by atoms with Gasteiger partial charge < -0.3 is 5.32 Å². The normalized spacial score (nSPS) is 15.9. The molecule has 6 rings (SSSR count). The second-order valence-corrected chi connectivity index (χ2v) is 10.4. The molecule has 0 heterocycles. The smallest absolute Gasteiger partial charge is 0.189 e. The van der Waals surface area contributed by atoms with Crippen LogP contribution >= 0.6 is 0 Å². The first-order valence-corrected chi connectivity index (χ1v) is 13.1. The van der Waals surface area contributed by atoms with Crippen LogP contribution in [-0.2, 0) is 6.42 Å². The molecule has 0 aliphatic heterocycles. The van der Waals surface area contributed by atoms with Gasteiger partial charge in [0.05, 0.1) is 6.04 Å². The first-order chi connectivity index (χ1) is 18.0. The van der Waals surface area contributed by atoms with E-state index in [1.54, 1.807) is 0 Å². The molecule has 184 valence electrons. The van der Waals surface area contributed by atoms with Crippen molar-refractivity contribution < 1.29 is 4.79 Å². The van der Waals surface area contributed by atoms with Crippen LogP contribution in [0.25, 0.3) is 11.6 Å². The number of hydrogen-bond donors (Lipinski definition) is 1. The molecule has 3 nitrogen and oxygen atoms in total. The lowest BCUT2D eigenvalue weighted by atomic mass is 9.82. The highest BCUT2D eigenvalue weighted by atomic mass is 16.1. The summed E-state index contributed by atoms with van der Waals surface area (Å²) in [4.78, 5) is 16.1. The Hall–Kier alpha value is -3.95. The number of para-hydroxylation sites is 1. The maximum absolute atomic E-state index is 13.8. The summed E-state index contributed by atoms with van der Waals surface area (Å²) in [5.74, 6) is 0.143. The Kier molecular flexibility index (Phi) is 6.02. The number of carbonyl (C=O) groups is 1. The number of aryl methyl sites for hydroxylation is 1. The third-order valence-electron chi connectivity index (χ3n) is 7.82. The molecule has 0 saturated carbocycles. The fourth-order valence-corrected chi connectivity index (χ4v) is 5.90. The van der Waals surface area contributed by atoms with Crippen LogP contribution in [0.2, 0.25) is 0 Å². The van der Waals surface area contributed by atoms with Gasteiger partial charge in [0, 0.05) is 22.5 Å². The summed E-state index contributed by atoms with van der Waals surface area (Å²) in [5.41, 5.74) is 7.65. The minimum absolute atomic E-state index is 0.143. The fourth-order valence-electron chi connectivity index (χ4n) is 5.90. The highest BCUT2D eigenvalue weighted by Gasteiger charge is 2.25. The lowest BCUT2D eigenvalue weighted by Gasteiger charge is -2.29. The van der Waals surface area contributed by atoms with Crippen LogP contribution in [0.1, 0.15) is 45.9 Å². The zero-order chi connectivity index (χ0) is 25.5. The first kappa shape index (κ1) is 23.4. The van der Waals surface area contributed by atoms with Gasteiger partial charge in [0.1, 0.15) is 0 Å². The fraction of sp³-hybridized carbons (Fsp3) is 0.206. The van der Waals surface area contributed by atoms with Crippen LogP contribution in [0, 0.1) is 17.4 Å². The van der Waals surface area contributed by atoms with E-state index in [2.05, 4.69) is 85.8 Å². The molecule has 2 aliphatic carbocycles. The van der Waals surface area contributed by atoms with Crippen LogP contribution in [0.15, 0.2) is 84.9 Å². The van der Waals surface area contributed by atoms with Crippen LogP contribution in [0.4, 0.5) is 11.4 Å². The summed E-state index contributed by atoms with van der Waals surface area (Å²) in [6, 6.07) is 29.4. The quantitative estimate of drug-likeness (QED) is 0.364. The van der Waals surface area contributed by atoms with Crippen LogP contribution < -0.4 is 15.8 Å². The molecule has 2 aliphatic rings. The third kappa shape index (κ3) is 4.20. The Balaban J connectivity index is 1.44. The van der Waals surface area contributed by atoms with E-state index in [4.69, 9.17) is 0 Å². The predicted molar refractivity (Wildman–Crippen MR) is 152 cm³/mol. The molecule has 0 fully saturated rings. The standard InChI is InChI=1S/C34H32N2O/c1-22-9-4-7-14-31(22)35-25-17-15-23(16-18-25)34(37)30-13-8-12-28-27(30)19-20-29-26-11-6-5-10-24(26)21-32(33(28)29)36(2)3/h4-7,9-11,14-21,32,35H,8,12-13H2,1-3H3. The van der Waals surface area contributed by atoms with E-state index in [1.807, 2.05) is 36.4 Å². The summed E-state index contributed by atoms with van der Waals surface area (Å²) in [6.07, 6.45) is 5.20. The summed E-state index contributed by atoms with van der Waals surface area (Å²) in [7, 11) is 4.28. The number of nitrogens with one attached hydrogen (secondary N) is 1. The van der Waals surface area contributed by atoms with Crippen molar-refractivity contribution in [2.75, 3.05) is 19.4 Å². The summed E-state index contributed by atoms with van der Waals surface area (Å²) >= 11 is 0. The van der Waals surface area contributed by atoms with E-state index in [0.717, 1.165) is 47.0 Å². The molecule has 4 aromatic carbocycles. The van der Waals surface area contributed by atoms with E-state index < -0.39 is 0 Å². The van der Waals surface area contributed by atoms with Crippen molar-refractivity contribution >= 4 is 28.8 Å². The molecule has 0 saturated heterocycles. The van der Waals surface area contributed by atoms with Crippen LogP contribution in [0.5, 0.6) is 0 Å². The van der Waals surface area contributed by atoms with Crippen molar-refractivity contribution in [3.8, 4) is 0 Å². The largest absolute Gasteiger partial charge is 0.355 e. The predicted octanol–water partition coefficient (Wildman–Crippen LogP) is 5.79. The number of nitrogens with zero attached hydrogens (tertiary/aromatic N) is 1. The molecule has 0 aromatic heterocycles. The van der Waals surface area contributed by atoms with E-state index >= 15 is 0 Å². The maximum atomic E-state index is 13.8. The zero-order valence-corrected chi connectivity index (χ0v) is 21.7. The van der Waals surface area contributed by atoms with Gasteiger partial charge in [0.25, 0.3) is 0 Å². The second-order valence-electron chi connectivity index (χ2n) is 10.4. The Labute approximate surface area is 218 Å². The molecule has 3 heteroatoms. The molecule has 0 amide bonds. The average molecular weight is 485 g/mol. The Morgan fingerprint density at radius 3 is 2.32 bits per heavy atom. The van der Waals surface area contributed by atoms with E-state index in [0.29, 0.717) is 0 Å². The number of benzene rings is 4. The molecule has 1 N–H and O–H groups in total. The molecule has 4 aromatic rings. The van der Waals surface area contributed by atoms with Gasteiger partial charge in [-0.05, 0) is 108 Å². The Bertz CT molecular complexity index is 1730. The molecule has 37 heavy (non-hydrogen) atoms. The number of fused-ring (bicyclic) bond motifs is 4. The highest BCUT2D eigenvalue weighted by molar-refractivity contribution is 6.24. The first-order valence-electron chi connectivity index (χ1n) is 13.1. The Morgan fingerprint density at radius 1 is 0.811 bits per heavy atom. The number of rotatable bonds is 5. The van der Waals surface area contributed by atoms with Gasteiger partial charge in [0.15, 0.2) is 5.78 Å². The van der Waals surface area contributed by atoms with Gasteiger partial charge in [-0.15, -0.1) is 0 Å². The topological polar surface area (TPSA) is 32.3 Å². The van der Waals surface area contributed by atoms with Crippen molar-refractivity contribution in [2.45, 2.75) is 32.2 Å². The number of Topliss-reactive ketones (excluding diaryl/α,β-unsaturated/α-hetero) is 1. The van der Waals surface area contributed by atoms with Gasteiger partial charge >= 0.3 is 0 Å². The molecule has 0 radical (unpaired) electrons. The zero-order valence-electron chi connectivity index (χ0n) is 21.7. The van der Waals surface area contributed by atoms with Gasteiger partial charge in [-0.1, -0.05) is 60.7 Å². The molecule has 0 bridgehead atoms. The maximum Gasteiger partial charge on any atom is 0.189 e. The number of anilines is 2. The minimum Gasteiger partial charge on any atom is -0.355 e. The van der Waals surface area contributed by atoms with Crippen molar-refractivity contribution in [2.24, 2.45) is 0 Å². The van der Waals surface area contributed by atoms with Gasteiger partial charge in [-0.2, -0.15) is 0 Å². The molecule has 1 atom stereocenters. The molecule has 0 spiro atoms. The average Bonchev–Trinajstić information content (AvgIpc) is 2.93.